The third-order valence-corrected chi connectivity index (χ3v) is 1.52. The second-order valence-electron chi connectivity index (χ2n) is 2.44. The highest BCUT2D eigenvalue weighted by Crippen LogP contribution is 2.16. The highest BCUT2D eigenvalue weighted by molar-refractivity contribution is 5.72. The van der Waals surface area contributed by atoms with Crippen LogP contribution < -0.4 is 16.8 Å². The number of rotatable bonds is 1. The Kier molecular flexibility index (Phi) is 1.57. The highest BCUT2D eigenvalue weighted by atomic mass is 16.2. The molecule has 1 rings (SSSR count). The molecule has 0 heterocycles. The van der Waals surface area contributed by atoms with Gasteiger partial charge in [-0.3, -0.25) is 0 Å². The van der Waals surface area contributed by atoms with Gasteiger partial charge in [0.25, 0.3) is 0 Å². The molecule has 0 aromatic heterocycles. The maximum atomic E-state index is 10.2. The first-order chi connectivity index (χ1) is 4.18. The van der Waals surface area contributed by atoms with Crippen molar-refractivity contribution in [2.45, 2.75) is 24.9 Å². The third kappa shape index (κ3) is 1.57. The molecule has 4 heteroatoms. The quantitative estimate of drug-likeness (QED) is 0.431. The average Bonchev–Trinajstić information content (AvgIpc) is 1.60. The largest absolute Gasteiger partial charge is 0.352 e. The zero-order chi connectivity index (χ0) is 6.85. The minimum atomic E-state index is -0.452. The van der Waals surface area contributed by atoms with Crippen molar-refractivity contribution in [3.63, 3.8) is 0 Å². The van der Waals surface area contributed by atoms with E-state index in [4.69, 9.17) is 11.5 Å². The normalized spacial score (nSPS) is 33.0. The van der Waals surface area contributed by atoms with Crippen LogP contribution in [0.1, 0.15) is 12.8 Å². The van der Waals surface area contributed by atoms with Crippen molar-refractivity contribution in [1.82, 2.24) is 5.32 Å². The Morgan fingerprint density at radius 1 is 1.56 bits per heavy atom. The van der Waals surface area contributed by atoms with Crippen molar-refractivity contribution in [2.75, 3.05) is 0 Å². The monoisotopic (exact) mass is 129 g/mol. The topological polar surface area (TPSA) is 81.1 Å². The Hall–Kier alpha value is -0.770. The summed E-state index contributed by atoms with van der Waals surface area (Å²) in [6, 6.07) is 0.0475. The molecule has 0 atom stereocenters. The van der Waals surface area contributed by atoms with Gasteiger partial charge in [-0.15, -0.1) is 0 Å². The predicted molar refractivity (Wildman–Crippen MR) is 33.7 cm³/mol. The zero-order valence-electron chi connectivity index (χ0n) is 5.13. The van der Waals surface area contributed by atoms with E-state index in [0.29, 0.717) is 0 Å². The summed E-state index contributed by atoms with van der Waals surface area (Å²) in [6.07, 6.45) is 1.73. The van der Waals surface area contributed by atoms with Gasteiger partial charge in [0.1, 0.15) is 0 Å². The zero-order valence-corrected chi connectivity index (χ0v) is 5.13. The molecular weight excluding hydrogens is 118 g/mol. The summed E-state index contributed by atoms with van der Waals surface area (Å²) < 4.78 is 0. The Balaban J connectivity index is 2.11. The Morgan fingerprint density at radius 2 is 2.11 bits per heavy atom. The van der Waals surface area contributed by atoms with Gasteiger partial charge in [0.2, 0.25) is 0 Å². The number of nitrogens with one attached hydrogen (secondary N) is 1. The van der Waals surface area contributed by atoms with Crippen LogP contribution in [-0.2, 0) is 0 Å². The van der Waals surface area contributed by atoms with Gasteiger partial charge in [0, 0.05) is 12.1 Å². The molecule has 0 aromatic carbocycles. The van der Waals surface area contributed by atoms with E-state index in [0.717, 1.165) is 12.8 Å². The fraction of sp³-hybridized carbons (Fsp3) is 0.800. The fourth-order valence-corrected chi connectivity index (χ4v) is 0.981. The second kappa shape index (κ2) is 2.23. The van der Waals surface area contributed by atoms with Crippen molar-refractivity contribution < 1.29 is 4.79 Å². The number of primary amides is 1. The summed E-state index contributed by atoms with van der Waals surface area (Å²) in [6.45, 7) is 0. The number of amides is 2. The van der Waals surface area contributed by atoms with Crippen molar-refractivity contribution in [3.05, 3.63) is 0 Å². The second-order valence-corrected chi connectivity index (χ2v) is 2.44. The van der Waals surface area contributed by atoms with E-state index in [9.17, 15) is 4.79 Å². The van der Waals surface area contributed by atoms with Gasteiger partial charge >= 0.3 is 6.03 Å². The maximum absolute atomic E-state index is 10.2. The molecule has 2 amide bonds. The summed E-state index contributed by atoms with van der Waals surface area (Å²) in [4.78, 5) is 10.2. The first kappa shape index (κ1) is 6.35. The average molecular weight is 129 g/mol. The number of carbonyl (C=O) groups excluding carboxylic acids is 1. The Morgan fingerprint density at radius 3 is 2.44 bits per heavy atom. The van der Waals surface area contributed by atoms with Crippen LogP contribution in [-0.4, -0.2) is 18.1 Å². The van der Waals surface area contributed by atoms with Crippen LogP contribution in [0.4, 0.5) is 4.79 Å². The number of urea groups is 1. The first-order valence-corrected chi connectivity index (χ1v) is 3.00. The lowest BCUT2D eigenvalue weighted by molar-refractivity contribution is 0.231. The number of nitrogens with two attached hydrogens (primary N) is 2. The Bertz CT molecular complexity index is 119. The molecule has 1 fully saturated rings. The maximum Gasteiger partial charge on any atom is 0.312 e. The van der Waals surface area contributed by atoms with Gasteiger partial charge in [0.15, 0.2) is 0 Å². The van der Waals surface area contributed by atoms with Gasteiger partial charge in [-0.1, -0.05) is 0 Å². The van der Waals surface area contributed by atoms with Crippen LogP contribution in [0, 0.1) is 0 Å². The SMILES string of the molecule is NC(=O)N[C@H]1C[C@@H](N)C1. The smallest absolute Gasteiger partial charge is 0.312 e. The lowest BCUT2D eigenvalue weighted by atomic mass is 9.88. The molecule has 9 heavy (non-hydrogen) atoms. The first-order valence-electron chi connectivity index (χ1n) is 3.00. The number of carbonyl (C=O) groups is 1. The van der Waals surface area contributed by atoms with Crippen LogP contribution >= 0.6 is 0 Å². The van der Waals surface area contributed by atoms with Gasteiger partial charge < -0.3 is 16.8 Å². The third-order valence-electron chi connectivity index (χ3n) is 1.52. The summed E-state index contributed by atoms with van der Waals surface area (Å²) >= 11 is 0. The summed E-state index contributed by atoms with van der Waals surface area (Å²) in [5.41, 5.74) is 10.3. The molecule has 4 nitrogen and oxygen atoms in total. The molecule has 0 saturated heterocycles. The van der Waals surface area contributed by atoms with Gasteiger partial charge in [-0.2, -0.15) is 0 Å². The minimum absolute atomic E-state index is 0.234. The fourth-order valence-electron chi connectivity index (χ4n) is 0.981. The molecule has 1 aliphatic rings. The number of hydrogen-bond donors (Lipinski definition) is 3. The van der Waals surface area contributed by atoms with Gasteiger partial charge in [-0.05, 0) is 12.8 Å². The molecule has 0 bridgehead atoms. The van der Waals surface area contributed by atoms with E-state index in [-0.39, 0.29) is 12.1 Å². The molecule has 1 aliphatic carbocycles. The van der Waals surface area contributed by atoms with E-state index >= 15 is 0 Å². The summed E-state index contributed by atoms with van der Waals surface area (Å²) in [7, 11) is 0. The van der Waals surface area contributed by atoms with Crippen molar-refractivity contribution in [2.24, 2.45) is 11.5 Å². The molecule has 0 aromatic rings. The van der Waals surface area contributed by atoms with Gasteiger partial charge in [0.05, 0.1) is 0 Å². The van der Waals surface area contributed by atoms with Crippen molar-refractivity contribution in [3.8, 4) is 0 Å². The number of hydrogen-bond acceptors (Lipinski definition) is 2. The molecule has 0 radical (unpaired) electrons. The lowest BCUT2D eigenvalue weighted by Crippen LogP contribution is -2.51. The molecule has 0 unspecified atom stereocenters. The summed E-state index contributed by atoms with van der Waals surface area (Å²) in [5.74, 6) is 0. The molecule has 52 valence electrons. The van der Waals surface area contributed by atoms with E-state index in [1.165, 1.54) is 0 Å². The standard InChI is InChI=1S/C5H11N3O/c6-3-1-4(2-3)8-5(7)9/h3-4H,1-2,6H2,(H3,7,8,9)/t3-,4+. The molecule has 1 saturated carbocycles. The highest BCUT2D eigenvalue weighted by Gasteiger charge is 2.26. The summed E-state index contributed by atoms with van der Waals surface area (Å²) in [5, 5.41) is 2.57. The van der Waals surface area contributed by atoms with Crippen LogP contribution in [0.3, 0.4) is 0 Å². The molecular formula is C5H11N3O. The molecule has 0 aliphatic heterocycles. The Labute approximate surface area is 53.6 Å². The predicted octanol–water partition coefficient (Wildman–Crippen LogP) is -0.856. The van der Waals surface area contributed by atoms with Crippen molar-refractivity contribution in [1.29, 1.82) is 0 Å². The van der Waals surface area contributed by atoms with Crippen LogP contribution in [0.25, 0.3) is 0 Å². The van der Waals surface area contributed by atoms with E-state index in [1.807, 2.05) is 0 Å². The molecule has 5 N–H and O–H groups in total. The van der Waals surface area contributed by atoms with E-state index in [1.54, 1.807) is 0 Å². The minimum Gasteiger partial charge on any atom is -0.352 e. The van der Waals surface area contributed by atoms with E-state index < -0.39 is 6.03 Å². The van der Waals surface area contributed by atoms with Crippen LogP contribution in [0.5, 0.6) is 0 Å². The lowest BCUT2D eigenvalue weighted by Gasteiger charge is -2.32. The van der Waals surface area contributed by atoms with E-state index in [2.05, 4.69) is 5.32 Å². The molecule has 0 spiro atoms. The van der Waals surface area contributed by atoms with Crippen molar-refractivity contribution >= 4 is 6.03 Å². The van der Waals surface area contributed by atoms with Crippen LogP contribution in [0.2, 0.25) is 0 Å². The van der Waals surface area contributed by atoms with Crippen LogP contribution in [0.15, 0.2) is 0 Å². The van der Waals surface area contributed by atoms with Gasteiger partial charge in [-0.25, -0.2) is 4.79 Å².